The van der Waals surface area contributed by atoms with E-state index in [0.717, 1.165) is 0 Å². The van der Waals surface area contributed by atoms with Gasteiger partial charge in [-0.25, -0.2) is 16.5 Å². The van der Waals surface area contributed by atoms with Crippen molar-refractivity contribution in [3.05, 3.63) is 67.4 Å². The summed E-state index contributed by atoms with van der Waals surface area (Å²) in [4.78, 5) is 32.4. The van der Waals surface area contributed by atoms with Gasteiger partial charge in [0.15, 0.2) is 5.78 Å². The Morgan fingerprint density at radius 1 is 0.958 bits per heavy atom. The first kappa shape index (κ1) is 20.3. The van der Waals surface area contributed by atoms with Crippen molar-refractivity contribution >= 4 is 58.0 Å². The van der Waals surface area contributed by atoms with Crippen molar-refractivity contribution in [3.63, 3.8) is 0 Å². The summed E-state index contributed by atoms with van der Waals surface area (Å²) in [7, 11) is 0. The quantitative estimate of drug-likeness (QED) is 0.406. The number of carbonyl (C=O) groups excluding carboxylic acids is 2. The van der Waals surface area contributed by atoms with Gasteiger partial charge in [-0.3, -0.25) is 9.59 Å². The normalized spacial score (nSPS) is 9.50. The van der Waals surface area contributed by atoms with E-state index in [9.17, 15) is 9.59 Å². The van der Waals surface area contributed by atoms with Crippen molar-refractivity contribution in [1.82, 2.24) is 9.97 Å². The molecule has 0 aliphatic rings. The number of hydrogen-bond acceptors (Lipinski definition) is 4. The molecule has 2 heterocycles. The van der Waals surface area contributed by atoms with Crippen LogP contribution in [0, 0.1) is 6.57 Å². The molecular weight excluding hydrogens is 396 g/mol. The summed E-state index contributed by atoms with van der Waals surface area (Å²) < 4.78 is 0. The van der Waals surface area contributed by atoms with Crippen LogP contribution in [0.5, 0.6) is 0 Å². The van der Waals surface area contributed by atoms with Gasteiger partial charge < -0.3 is 4.85 Å². The van der Waals surface area contributed by atoms with E-state index in [1.165, 1.54) is 25.1 Å². The maximum Gasteiger partial charge on any atom is 0.276 e. The lowest BCUT2D eigenvalue weighted by Gasteiger charge is -1.97. The van der Waals surface area contributed by atoms with Crippen molar-refractivity contribution in [2.75, 3.05) is 6.54 Å². The van der Waals surface area contributed by atoms with Crippen molar-refractivity contribution in [1.29, 1.82) is 0 Å². The molecule has 0 bridgehead atoms. The molecule has 0 amide bonds. The standard InChI is InChI=1S/C8H4Cl2N2O.C7H5Cl2NO/c1-11-4-6(13)5-2-3-7(9)12-8(5)10;1-4(11)5-2-3-6(8)10-7(5)9/h2-3H,4H2;2-3H,1H3. The Balaban J connectivity index is 0.000000243. The van der Waals surface area contributed by atoms with Crippen molar-refractivity contribution < 1.29 is 9.59 Å². The molecule has 0 unspecified atom stereocenters. The van der Waals surface area contributed by atoms with E-state index in [1.54, 1.807) is 6.07 Å². The summed E-state index contributed by atoms with van der Waals surface area (Å²) >= 11 is 22.3. The molecule has 2 aromatic heterocycles. The summed E-state index contributed by atoms with van der Waals surface area (Å²) in [6.07, 6.45) is 0. The fourth-order valence-corrected chi connectivity index (χ4v) is 2.38. The van der Waals surface area contributed by atoms with Gasteiger partial charge in [0, 0.05) is 0 Å². The summed E-state index contributed by atoms with van der Waals surface area (Å²) in [6.45, 7) is 7.72. The third-order valence-electron chi connectivity index (χ3n) is 2.53. The van der Waals surface area contributed by atoms with Gasteiger partial charge in [-0.1, -0.05) is 46.4 Å². The number of Topliss-reactive ketones (excluding diaryl/α,β-unsaturated/α-hetero) is 2. The molecule has 0 N–H and O–H groups in total. The molecule has 0 saturated heterocycles. The molecule has 5 nitrogen and oxygen atoms in total. The average molecular weight is 405 g/mol. The van der Waals surface area contributed by atoms with E-state index in [-0.39, 0.29) is 39.1 Å². The molecular formula is C15H9Cl4N3O2. The molecule has 124 valence electrons. The van der Waals surface area contributed by atoms with Crippen LogP contribution in [0.15, 0.2) is 24.3 Å². The number of pyridine rings is 2. The Bertz CT molecular complexity index is 819. The van der Waals surface area contributed by atoms with Gasteiger partial charge in [-0.05, 0) is 31.2 Å². The van der Waals surface area contributed by atoms with E-state index in [0.29, 0.717) is 10.7 Å². The lowest BCUT2D eigenvalue weighted by molar-refractivity contribution is 0.100. The highest BCUT2D eigenvalue weighted by atomic mass is 35.5. The van der Waals surface area contributed by atoms with E-state index in [1.807, 2.05) is 0 Å². The summed E-state index contributed by atoms with van der Waals surface area (Å²) in [5, 5.41) is 0.718. The zero-order valence-corrected chi connectivity index (χ0v) is 15.2. The molecule has 9 heteroatoms. The molecule has 0 fully saturated rings. The predicted octanol–water partition coefficient (Wildman–Crippen LogP) is 5.08. The number of carbonyl (C=O) groups is 2. The lowest BCUT2D eigenvalue weighted by atomic mass is 10.2. The van der Waals surface area contributed by atoms with Gasteiger partial charge in [0.1, 0.15) is 20.6 Å². The van der Waals surface area contributed by atoms with Gasteiger partial charge in [0.25, 0.3) is 6.54 Å². The third kappa shape index (κ3) is 6.06. The molecule has 0 aromatic carbocycles. The highest BCUT2D eigenvalue weighted by molar-refractivity contribution is 6.35. The molecule has 2 aromatic rings. The van der Waals surface area contributed by atoms with Gasteiger partial charge in [0.05, 0.1) is 11.1 Å². The smallest absolute Gasteiger partial charge is 0.276 e. The van der Waals surface area contributed by atoms with Crippen molar-refractivity contribution in [2.24, 2.45) is 0 Å². The van der Waals surface area contributed by atoms with Crippen LogP contribution in [0.4, 0.5) is 0 Å². The highest BCUT2D eigenvalue weighted by Gasteiger charge is 2.13. The predicted molar refractivity (Wildman–Crippen MR) is 94.3 cm³/mol. The molecule has 0 aliphatic carbocycles. The first-order valence-corrected chi connectivity index (χ1v) is 7.79. The number of aromatic nitrogens is 2. The molecule has 0 atom stereocenters. The SMILES string of the molecule is CC(=O)c1ccc(Cl)nc1Cl.[C-]#[N+]CC(=O)c1ccc(Cl)nc1Cl. The van der Waals surface area contributed by atoms with Crippen LogP contribution in [-0.4, -0.2) is 28.1 Å². The van der Waals surface area contributed by atoms with E-state index < -0.39 is 0 Å². The maximum atomic E-state index is 11.2. The Hall–Kier alpha value is -1.71. The summed E-state index contributed by atoms with van der Waals surface area (Å²) in [6, 6.07) is 6.01. The summed E-state index contributed by atoms with van der Waals surface area (Å²) in [5.41, 5.74) is 0.637. The number of nitrogens with zero attached hydrogens (tertiary/aromatic N) is 3. The van der Waals surface area contributed by atoms with Gasteiger partial charge >= 0.3 is 0 Å². The zero-order chi connectivity index (χ0) is 18.3. The Morgan fingerprint density at radius 2 is 1.42 bits per heavy atom. The van der Waals surface area contributed by atoms with Crippen LogP contribution in [0.2, 0.25) is 20.6 Å². The van der Waals surface area contributed by atoms with Gasteiger partial charge in [0.2, 0.25) is 5.78 Å². The fraction of sp³-hybridized carbons (Fsp3) is 0.133. The zero-order valence-electron chi connectivity index (χ0n) is 12.2. The van der Waals surface area contributed by atoms with Crippen LogP contribution in [0.1, 0.15) is 27.6 Å². The highest BCUT2D eigenvalue weighted by Crippen LogP contribution is 2.17. The van der Waals surface area contributed by atoms with Crippen LogP contribution < -0.4 is 0 Å². The molecule has 0 aliphatic heterocycles. The number of ketones is 2. The molecule has 24 heavy (non-hydrogen) atoms. The minimum absolute atomic E-state index is 0.0427. The second-order valence-electron chi connectivity index (χ2n) is 4.24. The van der Waals surface area contributed by atoms with Crippen molar-refractivity contribution in [3.8, 4) is 0 Å². The van der Waals surface area contributed by atoms with Gasteiger partial charge in [-0.15, -0.1) is 0 Å². The minimum atomic E-state index is -0.343. The monoisotopic (exact) mass is 403 g/mol. The summed E-state index contributed by atoms with van der Waals surface area (Å²) in [5.74, 6) is -0.455. The number of hydrogen-bond donors (Lipinski definition) is 0. The number of rotatable bonds is 3. The molecule has 0 saturated carbocycles. The average Bonchev–Trinajstić information content (AvgIpc) is 2.47. The molecule has 0 radical (unpaired) electrons. The van der Waals surface area contributed by atoms with Gasteiger partial charge in [-0.2, -0.15) is 0 Å². The Kier molecular flexibility index (Phi) is 8.09. The first-order valence-electron chi connectivity index (χ1n) is 6.27. The lowest BCUT2D eigenvalue weighted by Crippen LogP contribution is -2.03. The van der Waals surface area contributed by atoms with E-state index in [4.69, 9.17) is 53.0 Å². The number of halogens is 4. The van der Waals surface area contributed by atoms with Crippen LogP contribution in [-0.2, 0) is 0 Å². The molecule has 0 spiro atoms. The van der Waals surface area contributed by atoms with Crippen LogP contribution >= 0.6 is 46.4 Å². The largest absolute Gasteiger partial charge is 0.308 e. The van der Waals surface area contributed by atoms with Crippen LogP contribution in [0.3, 0.4) is 0 Å². The first-order chi connectivity index (χ1) is 11.3. The van der Waals surface area contributed by atoms with E-state index in [2.05, 4.69) is 14.8 Å². The second-order valence-corrected chi connectivity index (χ2v) is 5.73. The van der Waals surface area contributed by atoms with E-state index >= 15 is 0 Å². The Morgan fingerprint density at radius 3 is 1.79 bits per heavy atom. The fourth-order valence-electron chi connectivity index (χ4n) is 1.45. The molecule has 2 rings (SSSR count). The second kappa shape index (κ2) is 9.55. The van der Waals surface area contributed by atoms with Crippen molar-refractivity contribution in [2.45, 2.75) is 6.92 Å². The van der Waals surface area contributed by atoms with Crippen LogP contribution in [0.25, 0.3) is 4.85 Å². The maximum absolute atomic E-state index is 11.2. The Labute approximate surface area is 158 Å². The third-order valence-corrected chi connectivity index (χ3v) is 3.53. The topological polar surface area (TPSA) is 64.3 Å². The minimum Gasteiger partial charge on any atom is -0.308 e.